The lowest BCUT2D eigenvalue weighted by atomic mass is 9.87. The van der Waals surface area contributed by atoms with Crippen LogP contribution in [0.5, 0.6) is 0 Å². The molecular formula is C25H32O4. The molecule has 0 heterocycles. The van der Waals surface area contributed by atoms with Gasteiger partial charge in [0.25, 0.3) is 0 Å². The van der Waals surface area contributed by atoms with Gasteiger partial charge >= 0.3 is 11.9 Å². The maximum atomic E-state index is 12.1. The Balaban J connectivity index is 1.73. The van der Waals surface area contributed by atoms with Gasteiger partial charge in [-0.15, -0.1) is 0 Å². The van der Waals surface area contributed by atoms with Gasteiger partial charge in [0.1, 0.15) is 0 Å². The van der Waals surface area contributed by atoms with Crippen molar-refractivity contribution in [1.29, 1.82) is 0 Å². The third kappa shape index (κ3) is 6.74. The number of hydrogen-bond donors (Lipinski definition) is 0. The summed E-state index contributed by atoms with van der Waals surface area (Å²) in [7, 11) is 0. The van der Waals surface area contributed by atoms with Crippen LogP contribution in [0.25, 0.3) is 0 Å². The van der Waals surface area contributed by atoms with Crippen LogP contribution in [0.2, 0.25) is 0 Å². The Labute approximate surface area is 174 Å². The molecular weight excluding hydrogens is 364 g/mol. The summed E-state index contributed by atoms with van der Waals surface area (Å²) in [6.07, 6.45) is 0.456. The van der Waals surface area contributed by atoms with Gasteiger partial charge in [0, 0.05) is 6.42 Å². The average Bonchev–Trinajstić information content (AvgIpc) is 2.66. The van der Waals surface area contributed by atoms with Crippen molar-refractivity contribution in [1.82, 2.24) is 0 Å². The van der Waals surface area contributed by atoms with E-state index in [2.05, 4.69) is 41.5 Å². The van der Waals surface area contributed by atoms with Crippen molar-refractivity contribution in [3.05, 3.63) is 70.8 Å². The number of esters is 2. The van der Waals surface area contributed by atoms with Crippen molar-refractivity contribution < 1.29 is 19.1 Å². The van der Waals surface area contributed by atoms with E-state index in [-0.39, 0.29) is 36.0 Å². The van der Waals surface area contributed by atoms with Crippen LogP contribution in [0.1, 0.15) is 79.8 Å². The number of rotatable bonds is 6. The molecule has 0 fully saturated rings. The van der Waals surface area contributed by atoms with E-state index in [4.69, 9.17) is 9.47 Å². The normalized spacial score (nSPS) is 11.8. The predicted octanol–water partition coefficient (Wildman–Crippen LogP) is 5.69. The van der Waals surface area contributed by atoms with E-state index < -0.39 is 0 Å². The lowest BCUT2D eigenvalue weighted by Gasteiger charge is -2.19. The van der Waals surface area contributed by atoms with Crippen molar-refractivity contribution in [3.8, 4) is 0 Å². The minimum atomic E-state index is -0.366. The molecule has 0 N–H and O–H groups in total. The van der Waals surface area contributed by atoms with Crippen LogP contribution in [0, 0.1) is 0 Å². The maximum absolute atomic E-state index is 12.1. The molecule has 0 aliphatic rings. The van der Waals surface area contributed by atoms with Crippen molar-refractivity contribution in [2.45, 2.75) is 58.8 Å². The van der Waals surface area contributed by atoms with E-state index in [1.54, 1.807) is 24.3 Å². The van der Waals surface area contributed by atoms with Crippen molar-refractivity contribution in [3.63, 3.8) is 0 Å². The first-order valence-electron chi connectivity index (χ1n) is 10.0. The Hall–Kier alpha value is -2.62. The topological polar surface area (TPSA) is 52.6 Å². The highest BCUT2D eigenvalue weighted by molar-refractivity contribution is 5.90. The molecule has 4 nitrogen and oxygen atoms in total. The number of carbonyl (C=O) groups is 2. The molecule has 0 bridgehead atoms. The highest BCUT2D eigenvalue weighted by Gasteiger charge is 2.16. The van der Waals surface area contributed by atoms with Crippen LogP contribution in [-0.2, 0) is 20.3 Å². The summed E-state index contributed by atoms with van der Waals surface area (Å²) in [5.41, 5.74) is 3.45. The summed E-state index contributed by atoms with van der Waals surface area (Å²) in [6.45, 7) is 13.2. The third-order valence-corrected chi connectivity index (χ3v) is 4.73. The molecule has 0 aromatic heterocycles. The minimum Gasteiger partial charge on any atom is -0.462 e. The molecule has 0 unspecified atom stereocenters. The Kier molecular flexibility index (Phi) is 7.23. The molecule has 4 heteroatoms. The van der Waals surface area contributed by atoms with Gasteiger partial charge in [-0.3, -0.25) is 0 Å². The highest BCUT2D eigenvalue weighted by Crippen LogP contribution is 2.23. The first-order valence-corrected chi connectivity index (χ1v) is 10.0. The second-order valence-electron chi connectivity index (χ2n) is 9.28. The van der Waals surface area contributed by atoms with E-state index in [9.17, 15) is 9.59 Å². The van der Waals surface area contributed by atoms with Gasteiger partial charge in [0.05, 0.1) is 24.3 Å². The van der Waals surface area contributed by atoms with Gasteiger partial charge in [-0.05, 0) is 46.2 Å². The lowest BCUT2D eigenvalue weighted by Crippen LogP contribution is -2.13. The van der Waals surface area contributed by atoms with Crippen LogP contribution in [0.3, 0.4) is 0 Å². The number of hydrogen-bond acceptors (Lipinski definition) is 4. The molecule has 156 valence electrons. The zero-order valence-electron chi connectivity index (χ0n) is 18.4. The molecule has 2 aromatic rings. The Morgan fingerprint density at radius 1 is 0.621 bits per heavy atom. The summed E-state index contributed by atoms with van der Waals surface area (Å²) in [5, 5.41) is 0. The monoisotopic (exact) mass is 396 g/mol. The van der Waals surface area contributed by atoms with E-state index in [1.165, 1.54) is 0 Å². The first kappa shape index (κ1) is 22.7. The highest BCUT2D eigenvalue weighted by atomic mass is 16.5. The van der Waals surface area contributed by atoms with E-state index in [0.717, 1.165) is 11.1 Å². The van der Waals surface area contributed by atoms with Gasteiger partial charge in [-0.25, -0.2) is 9.59 Å². The molecule has 2 aromatic carbocycles. The van der Waals surface area contributed by atoms with E-state index >= 15 is 0 Å². The smallest absolute Gasteiger partial charge is 0.338 e. The van der Waals surface area contributed by atoms with Crippen LogP contribution in [0.15, 0.2) is 48.5 Å². The molecule has 0 aliphatic carbocycles. The Bertz CT molecular complexity index is 748. The van der Waals surface area contributed by atoms with Crippen molar-refractivity contribution in [2.24, 2.45) is 0 Å². The van der Waals surface area contributed by atoms with Gasteiger partial charge in [-0.1, -0.05) is 65.8 Å². The summed E-state index contributed by atoms with van der Waals surface area (Å²) < 4.78 is 10.5. The first-order chi connectivity index (χ1) is 13.5. The second kappa shape index (κ2) is 9.25. The molecule has 0 saturated carbocycles. The maximum Gasteiger partial charge on any atom is 0.338 e. The van der Waals surface area contributed by atoms with Gasteiger partial charge < -0.3 is 9.47 Å². The van der Waals surface area contributed by atoms with Crippen LogP contribution in [0.4, 0.5) is 0 Å². The van der Waals surface area contributed by atoms with Crippen LogP contribution < -0.4 is 0 Å². The van der Waals surface area contributed by atoms with Crippen LogP contribution in [-0.4, -0.2) is 25.2 Å². The van der Waals surface area contributed by atoms with Gasteiger partial charge in [0.2, 0.25) is 0 Å². The molecule has 0 radical (unpaired) electrons. The Morgan fingerprint density at radius 3 is 1.21 bits per heavy atom. The number of benzene rings is 2. The SMILES string of the molecule is CC(C)(C)c1ccc(C(=O)OCCCOC(=O)c2ccc(C(C)(C)C)cc2)cc1. The summed E-state index contributed by atoms with van der Waals surface area (Å²) in [5.74, 6) is -0.732. The zero-order chi connectivity index (χ0) is 21.7. The molecule has 0 saturated heterocycles. The van der Waals surface area contributed by atoms with Crippen LogP contribution >= 0.6 is 0 Å². The van der Waals surface area contributed by atoms with E-state index in [0.29, 0.717) is 17.5 Å². The summed E-state index contributed by atoms with van der Waals surface area (Å²) >= 11 is 0. The summed E-state index contributed by atoms with van der Waals surface area (Å²) in [4.78, 5) is 24.2. The molecule has 29 heavy (non-hydrogen) atoms. The molecule has 2 rings (SSSR count). The van der Waals surface area contributed by atoms with E-state index in [1.807, 2.05) is 24.3 Å². The fourth-order valence-corrected chi connectivity index (χ4v) is 2.77. The molecule has 0 spiro atoms. The van der Waals surface area contributed by atoms with Gasteiger partial charge in [0.15, 0.2) is 0 Å². The predicted molar refractivity (Wildman–Crippen MR) is 115 cm³/mol. The molecule has 0 aliphatic heterocycles. The minimum absolute atomic E-state index is 0.0410. The number of ether oxygens (including phenoxy) is 2. The summed E-state index contributed by atoms with van der Waals surface area (Å²) in [6, 6.07) is 14.9. The second-order valence-corrected chi connectivity index (χ2v) is 9.28. The third-order valence-electron chi connectivity index (χ3n) is 4.73. The zero-order valence-corrected chi connectivity index (χ0v) is 18.4. The Morgan fingerprint density at radius 2 is 0.931 bits per heavy atom. The van der Waals surface area contributed by atoms with Crippen molar-refractivity contribution in [2.75, 3.05) is 13.2 Å². The molecule has 0 atom stereocenters. The lowest BCUT2D eigenvalue weighted by molar-refractivity contribution is 0.0396. The van der Waals surface area contributed by atoms with Crippen molar-refractivity contribution >= 4 is 11.9 Å². The largest absolute Gasteiger partial charge is 0.462 e. The average molecular weight is 397 g/mol. The fraction of sp³-hybridized carbons (Fsp3) is 0.440. The number of carbonyl (C=O) groups excluding carboxylic acids is 2. The standard InChI is InChI=1S/C25H32O4/c1-24(2,3)20-12-8-18(9-13-20)22(26)28-16-7-17-29-23(27)19-10-14-21(15-11-19)25(4,5)6/h8-15H,7,16-17H2,1-6H3. The quantitative estimate of drug-likeness (QED) is 0.465. The van der Waals surface area contributed by atoms with Gasteiger partial charge in [-0.2, -0.15) is 0 Å². The molecule has 0 amide bonds. The fourth-order valence-electron chi connectivity index (χ4n) is 2.77.